The monoisotopic (exact) mass is 265 g/mol. The van der Waals surface area contributed by atoms with Gasteiger partial charge in [0.2, 0.25) is 11.9 Å². The third kappa shape index (κ3) is 3.94. The first-order chi connectivity index (χ1) is 9.26. The van der Waals surface area contributed by atoms with Crippen LogP contribution in [0.4, 0.5) is 11.9 Å². The molecule has 0 radical (unpaired) electrons. The SMILES string of the molecule is CCCC1CC1Nc1nc(NCC)nc(OCC)n1. The normalized spacial score (nSPS) is 21.0. The molecule has 0 spiro atoms. The van der Waals surface area contributed by atoms with E-state index in [1.807, 2.05) is 13.8 Å². The molecule has 6 heteroatoms. The van der Waals surface area contributed by atoms with Crippen LogP contribution in [0.3, 0.4) is 0 Å². The highest BCUT2D eigenvalue weighted by atomic mass is 16.5. The summed E-state index contributed by atoms with van der Waals surface area (Å²) in [5.74, 6) is 1.94. The van der Waals surface area contributed by atoms with Gasteiger partial charge in [0.1, 0.15) is 0 Å². The van der Waals surface area contributed by atoms with Crippen LogP contribution >= 0.6 is 0 Å². The van der Waals surface area contributed by atoms with Gasteiger partial charge in [-0.2, -0.15) is 15.0 Å². The van der Waals surface area contributed by atoms with Crippen molar-refractivity contribution in [2.45, 2.75) is 46.1 Å². The van der Waals surface area contributed by atoms with Gasteiger partial charge < -0.3 is 15.4 Å². The summed E-state index contributed by atoms with van der Waals surface area (Å²) < 4.78 is 5.37. The predicted octanol–water partition coefficient (Wildman–Crippen LogP) is 2.30. The third-order valence-corrected chi connectivity index (χ3v) is 3.12. The first-order valence-electron chi connectivity index (χ1n) is 7.16. The van der Waals surface area contributed by atoms with Gasteiger partial charge >= 0.3 is 6.01 Å². The molecule has 1 aliphatic carbocycles. The molecule has 0 saturated heterocycles. The van der Waals surface area contributed by atoms with Crippen molar-refractivity contribution >= 4 is 11.9 Å². The molecule has 19 heavy (non-hydrogen) atoms. The molecule has 1 saturated carbocycles. The fraction of sp³-hybridized carbons (Fsp3) is 0.769. The lowest BCUT2D eigenvalue weighted by Crippen LogP contribution is -2.13. The Morgan fingerprint density at radius 1 is 1.16 bits per heavy atom. The first kappa shape index (κ1) is 13.8. The highest BCUT2D eigenvalue weighted by Gasteiger charge is 2.36. The number of ether oxygens (including phenoxy) is 1. The molecule has 2 rings (SSSR count). The fourth-order valence-corrected chi connectivity index (χ4v) is 2.13. The molecule has 0 bridgehead atoms. The lowest BCUT2D eigenvalue weighted by Gasteiger charge is -2.09. The summed E-state index contributed by atoms with van der Waals surface area (Å²) in [7, 11) is 0. The second kappa shape index (κ2) is 6.54. The molecule has 1 aromatic rings. The molecule has 2 unspecified atom stereocenters. The smallest absolute Gasteiger partial charge is 0.323 e. The van der Waals surface area contributed by atoms with Crippen molar-refractivity contribution in [3.05, 3.63) is 0 Å². The number of rotatable bonds is 8. The summed E-state index contributed by atoms with van der Waals surface area (Å²) in [4.78, 5) is 12.8. The predicted molar refractivity (Wildman–Crippen MR) is 75.6 cm³/mol. The summed E-state index contributed by atoms with van der Waals surface area (Å²) in [5.41, 5.74) is 0. The van der Waals surface area contributed by atoms with Crippen molar-refractivity contribution in [1.29, 1.82) is 0 Å². The number of nitrogens with zero attached hydrogens (tertiary/aromatic N) is 3. The van der Waals surface area contributed by atoms with Crippen LogP contribution in [0.25, 0.3) is 0 Å². The molecule has 1 aromatic heterocycles. The second-order valence-electron chi connectivity index (χ2n) is 4.76. The van der Waals surface area contributed by atoms with E-state index in [-0.39, 0.29) is 0 Å². The second-order valence-corrected chi connectivity index (χ2v) is 4.76. The van der Waals surface area contributed by atoms with Gasteiger partial charge in [-0.15, -0.1) is 0 Å². The van der Waals surface area contributed by atoms with Crippen LogP contribution in [0.1, 0.15) is 40.0 Å². The summed E-state index contributed by atoms with van der Waals surface area (Å²) in [6, 6.07) is 0.884. The van der Waals surface area contributed by atoms with E-state index in [9.17, 15) is 0 Å². The number of nitrogens with one attached hydrogen (secondary N) is 2. The van der Waals surface area contributed by atoms with Crippen molar-refractivity contribution in [1.82, 2.24) is 15.0 Å². The van der Waals surface area contributed by atoms with E-state index in [0.29, 0.717) is 30.6 Å². The minimum Gasteiger partial charge on any atom is -0.464 e. The quantitative estimate of drug-likeness (QED) is 0.751. The maximum Gasteiger partial charge on any atom is 0.323 e. The van der Waals surface area contributed by atoms with E-state index in [1.54, 1.807) is 0 Å². The summed E-state index contributed by atoms with van der Waals surface area (Å²) in [5, 5.41) is 6.46. The van der Waals surface area contributed by atoms with Crippen LogP contribution in [0.2, 0.25) is 0 Å². The lowest BCUT2D eigenvalue weighted by atomic mass is 10.2. The topological polar surface area (TPSA) is 72.0 Å². The Labute approximate surface area is 114 Å². The Morgan fingerprint density at radius 3 is 2.63 bits per heavy atom. The van der Waals surface area contributed by atoms with Crippen molar-refractivity contribution in [3.63, 3.8) is 0 Å². The Morgan fingerprint density at radius 2 is 1.95 bits per heavy atom. The van der Waals surface area contributed by atoms with Crippen LogP contribution in [0, 0.1) is 5.92 Å². The zero-order valence-corrected chi connectivity index (χ0v) is 11.9. The Balaban J connectivity index is 2.02. The van der Waals surface area contributed by atoms with Gasteiger partial charge in [0.05, 0.1) is 6.61 Å². The molecule has 0 amide bonds. The molecular formula is C13H23N5O. The van der Waals surface area contributed by atoms with Crippen LogP contribution < -0.4 is 15.4 Å². The van der Waals surface area contributed by atoms with E-state index in [4.69, 9.17) is 4.74 Å². The van der Waals surface area contributed by atoms with E-state index >= 15 is 0 Å². The zero-order chi connectivity index (χ0) is 13.7. The molecule has 1 heterocycles. The van der Waals surface area contributed by atoms with Crippen molar-refractivity contribution < 1.29 is 4.74 Å². The van der Waals surface area contributed by atoms with Gasteiger partial charge in [0.15, 0.2) is 0 Å². The van der Waals surface area contributed by atoms with Gasteiger partial charge in [-0.25, -0.2) is 0 Å². The van der Waals surface area contributed by atoms with Gasteiger partial charge in [-0.1, -0.05) is 13.3 Å². The van der Waals surface area contributed by atoms with Crippen molar-refractivity contribution in [2.24, 2.45) is 5.92 Å². The summed E-state index contributed by atoms with van der Waals surface area (Å²) in [6.45, 7) is 7.47. The number of hydrogen-bond acceptors (Lipinski definition) is 6. The molecule has 0 aromatic carbocycles. The highest BCUT2D eigenvalue weighted by molar-refractivity contribution is 5.37. The minimum atomic E-state index is 0.378. The van der Waals surface area contributed by atoms with Gasteiger partial charge in [0, 0.05) is 12.6 Å². The Bertz CT molecular complexity index is 388. The first-order valence-corrected chi connectivity index (χ1v) is 7.16. The maximum absolute atomic E-state index is 5.37. The standard InChI is InChI=1S/C13H23N5O/c1-4-7-9-8-10(9)15-12-16-11(14-5-2)17-13(18-12)19-6-3/h9-10H,4-8H2,1-3H3,(H2,14,15,16,17,18). The van der Waals surface area contributed by atoms with Crippen molar-refractivity contribution in [3.8, 4) is 6.01 Å². The molecule has 2 atom stereocenters. The molecule has 1 fully saturated rings. The van der Waals surface area contributed by atoms with Crippen molar-refractivity contribution in [2.75, 3.05) is 23.8 Å². The zero-order valence-electron chi connectivity index (χ0n) is 11.9. The van der Waals surface area contributed by atoms with Crippen LogP contribution in [-0.2, 0) is 0 Å². The summed E-state index contributed by atoms with van der Waals surface area (Å²) in [6.07, 6.45) is 3.70. The van der Waals surface area contributed by atoms with Crippen LogP contribution in [0.5, 0.6) is 6.01 Å². The average molecular weight is 265 g/mol. The number of aromatic nitrogens is 3. The highest BCUT2D eigenvalue weighted by Crippen LogP contribution is 2.36. The Hall–Kier alpha value is -1.59. The summed E-state index contributed by atoms with van der Waals surface area (Å²) >= 11 is 0. The third-order valence-electron chi connectivity index (χ3n) is 3.12. The van der Waals surface area contributed by atoms with Gasteiger partial charge in [-0.05, 0) is 32.6 Å². The van der Waals surface area contributed by atoms with E-state index < -0.39 is 0 Å². The molecule has 6 nitrogen and oxygen atoms in total. The van der Waals surface area contributed by atoms with E-state index in [0.717, 1.165) is 12.5 Å². The molecule has 1 aliphatic rings. The lowest BCUT2D eigenvalue weighted by molar-refractivity contribution is 0.312. The van der Waals surface area contributed by atoms with Crippen LogP contribution in [-0.4, -0.2) is 34.1 Å². The number of hydrogen-bond donors (Lipinski definition) is 2. The maximum atomic E-state index is 5.37. The number of anilines is 2. The average Bonchev–Trinajstić information content (AvgIpc) is 3.08. The van der Waals surface area contributed by atoms with E-state index in [1.165, 1.54) is 19.3 Å². The molecular weight excluding hydrogens is 242 g/mol. The molecule has 0 aliphatic heterocycles. The van der Waals surface area contributed by atoms with E-state index in [2.05, 4.69) is 32.5 Å². The van der Waals surface area contributed by atoms with Gasteiger partial charge in [0.25, 0.3) is 0 Å². The fourth-order valence-electron chi connectivity index (χ4n) is 2.13. The minimum absolute atomic E-state index is 0.378. The van der Waals surface area contributed by atoms with Gasteiger partial charge in [-0.3, -0.25) is 0 Å². The largest absolute Gasteiger partial charge is 0.464 e. The molecule has 2 N–H and O–H groups in total. The Kier molecular flexibility index (Phi) is 4.76. The van der Waals surface area contributed by atoms with Crippen LogP contribution in [0.15, 0.2) is 0 Å². The molecule has 106 valence electrons.